The Kier molecular flexibility index (Phi) is 6.62. The lowest BCUT2D eigenvalue weighted by atomic mass is 10.0. The second kappa shape index (κ2) is 9.42. The summed E-state index contributed by atoms with van der Waals surface area (Å²) < 4.78 is 31.1. The molecule has 1 fully saturated rings. The Morgan fingerprint density at radius 3 is 2.88 bits per heavy atom. The van der Waals surface area contributed by atoms with E-state index in [9.17, 15) is 0 Å². The third-order valence-corrected chi connectivity index (χ3v) is 5.86. The van der Waals surface area contributed by atoms with Crippen LogP contribution in [0, 0.1) is 12.7 Å². The van der Waals surface area contributed by atoms with Crippen LogP contribution >= 0.6 is 0 Å². The lowest BCUT2D eigenvalue weighted by Crippen LogP contribution is -2.29. The molecule has 0 aliphatic carbocycles. The number of hydrogen-bond donors (Lipinski definition) is 1. The molecule has 32 heavy (non-hydrogen) atoms. The summed E-state index contributed by atoms with van der Waals surface area (Å²) in [5.41, 5.74) is 3.35. The van der Waals surface area contributed by atoms with Gasteiger partial charge < -0.3 is 14.8 Å². The van der Waals surface area contributed by atoms with Gasteiger partial charge in [-0.3, -0.25) is 0 Å². The maximum atomic E-state index is 15.6. The summed E-state index contributed by atoms with van der Waals surface area (Å²) in [7, 11) is 1.84. The van der Waals surface area contributed by atoms with E-state index in [4.69, 9.17) is 9.47 Å². The van der Waals surface area contributed by atoms with Crippen LogP contribution in [0.25, 0.3) is 28.1 Å². The zero-order chi connectivity index (χ0) is 22.8. The highest BCUT2D eigenvalue weighted by atomic mass is 19.1. The molecule has 0 radical (unpaired) electrons. The van der Waals surface area contributed by atoms with Crippen molar-refractivity contribution in [3.8, 4) is 17.0 Å². The fourth-order valence-corrected chi connectivity index (χ4v) is 4.35. The Morgan fingerprint density at radius 2 is 2.19 bits per heavy atom. The van der Waals surface area contributed by atoms with Crippen LogP contribution in [0.4, 0.5) is 4.39 Å². The van der Waals surface area contributed by atoms with Gasteiger partial charge in [-0.05, 0) is 63.4 Å². The monoisotopic (exact) mass is 441 g/mol. The summed E-state index contributed by atoms with van der Waals surface area (Å²) in [5.74, 6) is 0.275. The first-order chi connectivity index (χ1) is 15.4. The van der Waals surface area contributed by atoms with Crippen LogP contribution in [0.15, 0.2) is 18.7 Å². The molecule has 0 spiro atoms. The van der Waals surface area contributed by atoms with Crippen molar-refractivity contribution in [1.29, 1.82) is 0 Å². The van der Waals surface area contributed by atoms with Crippen molar-refractivity contribution in [2.45, 2.75) is 52.4 Å². The molecule has 3 aromatic rings. The minimum Gasteiger partial charge on any atom is -0.473 e. The Morgan fingerprint density at radius 1 is 1.38 bits per heavy atom. The molecule has 1 aliphatic rings. The average molecular weight is 442 g/mol. The third-order valence-electron chi connectivity index (χ3n) is 5.86. The van der Waals surface area contributed by atoms with E-state index in [1.54, 1.807) is 21.5 Å². The number of nitrogens with zero attached hydrogens (tertiary/aromatic N) is 4. The maximum Gasteiger partial charge on any atom is 0.220 e. The highest BCUT2D eigenvalue weighted by molar-refractivity contribution is 5.92. The number of halogens is 1. The molecule has 4 rings (SSSR count). The van der Waals surface area contributed by atoms with Crippen LogP contribution in [-0.2, 0) is 11.8 Å². The molecule has 1 saturated heterocycles. The SMILES string of the molecule is C=Cc1nn(C2CCCCO2)c2c(F)cc(-c3c(C)nn(C)c3O[C@@H](C)CNCC)cc12. The number of benzene rings is 1. The van der Waals surface area contributed by atoms with Crippen LogP contribution in [0.3, 0.4) is 0 Å². The number of likely N-dealkylation sites (N-methyl/N-ethyl adjacent to an activating group) is 1. The fourth-order valence-electron chi connectivity index (χ4n) is 4.35. The van der Waals surface area contributed by atoms with E-state index in [2.05, 4.69) is 29.0 Å². The van der Waals surface area contributed by atoms with Gasteiger partial charge in [0.25, 0.3) is 0 Å². The zero-order valence-electron chi connectivity index (χ0n) is 19.3. The van der Waals surface area contributed by atoms with Gasteiger partial charge in [0.15, 0.2) is 6.23 Å². The first-order valence-electron chi connectivity index (χ1n) is 11.3. The maximum absolute atomic E-state index is 15.6. The largest absolute Gasteiger partial charge is 0.473 e. The molecule has 1 aliphatic heterocycles. The molecule has 2 atom stereocenters. The number of aromatic nitrogens is 4. The standard InChI is InChI=1S/C24H32FN5O2/c1-6-20-18-12-17(13-19(25)23(18)30(28-20)21-10-8-9-11-31-21)22-16(4)27-29(5)24(22)32-15(3)14-26-7-2/h6,12-13,15,21,26H,1,7-11,14H2,2-5H3/t15-,21?/m0/s1. The predicted octanol–water partition coefficient (Wildman–Crippen LogP) is 4.60. The van der Waals surface area contributed by atoms with Crippen LogP contribution < -0.4 is 10.1 Å². The Balaban J connectivity index is 1.80. The van der Waals surface area contributed by atoms with Crippen molar-refractivity contribution in [3.63, 3.8) is 0 Å². The van der Waals surface area contributed by atoms with E-state index in [0.717, 1.165) is 37.1 Å². The van der Waals surface area contributed by atoms with Crippen molar-refractivity contribution >= 4 is 17.0 Å². The molecule has 7 nitrogen and oxygen atoms in total. The summed E-state index contributed by atoms with van der Waals surface area (Å²) in [6.07, 6.45) is 4.22. The van der Waals surface area contributed by atoms with Gasteiger partial charge in [0.2, 0.25) is 5.88 Å². The van der Waals surface area contributed by atoms with Gasteiger partial charge in [0.1, 0.15) is 17.4 Å². The van der Waals surface area contributed by atoms with E-state index >= 15 is 4.39 Å². The van der Waals surface area contributed by atoms with Crippen molar-refractivity contribution < 1.29 is 13.9 Å². The summed E-state index contributed by atoms with van der Waals surface area (Å²) >= 11 is 0. The van der Waals surface area contributed by atoms with Gasteiger partial charge in [0, 0.05) is 25.6 Å². The normalized spacial score (nSPS) is 17.6. The molecule has 2 aromatic heterocycles. The molecule has 1 aromatic carbocycles. The molecule has 1 N–H and O–H groups in total. The number of nitrogens with one attached hydrogen (secondary N) is 1. The molecule has 172 valence electrons. The van der Waals surface area contributed by atoms with Gasteiger partial charge in [0.05, 0.1) is 17.0 Å². The van der Waals surface area contributed by atoms with Gasteiger partial charge in [-0.1, -0.05) is 13.5 Å². The summed E-state index contributed by atoms with van der Waals surface area (Å²) in [6.45, 7) is 12.1. The Hall–Kier alpha value is -2.71. The van der Waals surface area contributed by atoms with E-state index in [-0.39, 0.29) is 18.1 Å². The summed E-state index contributed by atoms with van der Waals surface area (Å²) in [4.78, 5) is 0. The minimum atomic E-state index is -0.345. The first-order valence-corrected chi connectivity index (χ1v) is 11.3. The Bertz CT molecular complexity index is 1110. The predicted molar refractivity (Wildman–Crippen MR) is 124 cm³/mol. The minimum absolute atomic E-state index is 0.0629. The van der Waals surface area contributed by atoms with Gasteiger partial charge in [-0.25, -0.2) is 13.8 Å². The second-order valence-electron chi connectivity index (χ2n) is 8.33. The molecular weight excluding hydrogens is 409 g/mol. The molecule has 1 unspecified atom stereocenters. The van der Waals surface area contributed by atoms with Crippen LogP contribution in [-0.4, -0.2) is 45.4 Å². The van der Waals surface area contributed by atoms with Crippen molar-refractivity contribution in [1.82, 2.24) is 24.9 Å². The fraction of sp³-hybridized carbons (Fsp3) is 0.500. The first kappa shape index (κ1) is 22.5. The number of rotatable bonds is 8. The molecule has 8 heteroatoms. The quantitative estimate of drug-likeness (QED) is 0.553. The van der Waals surface area contributed by atoms with E-state index in [0.29, 0.717) is 41.2 Å². The number of aryl methyl sites for hydroxylation is 2. The average Bonchev–Trinajstić information content (AvgIpc) is 3.29. The molecule has 3 heterocycles. The summed E-state index contributed by atoms with van der Waals surface area (Å²) in [5, 5.41) is 13.2. The number of ether oxygens (including phenoxy) is 2. The highest BCUT2D eigenvalue weighted by Crippen LogP contribution is 2.38. The van der Waals surface area contributed by atoms with Crippen molar-refractivity contribution in [2.75, 3.05) is 19.7 Å². The van der Waals surface area contributed by atoms with Gasteiger partial charge in [-0.15, -0.1) is 0 Å². The second-order valence-corrected chi connectivity index (χ2v) is 8.33. The van der Waals surface area contributed by atoms with E-state index in [1.807, 2.05) is 27.0 Å². The lowest BCUT2D eigenvalue weighted by Gasteiger charge is -2.23. The topological polar surface area (TPSA) is 66.1 Å². The van der Waals surface area contributed by atoms with E-state index in [1.165, 1.54) is 0 Å². The molecular formula is C24H32FN5O2. The molecule has 0 amide bonds. The van der Waals surface area contributed by atoms with Crippen LogP contribution in [0.5, 0.6) is 5.88 Å². The van der Waals surface area contributed by atoms with Crippen LogP contribution in [0.1, 0.15) is 50.7 Å². The Labute approximate surface area is 188 Å². The highest BCUT2D eigenvalue weighted by Gasteiger charge is 2.25. The zero-order valence-corrected chi connectivity index (χ0v) is 19.3. The summed E-state index contributed by atoms with van der Waals surface area (Å²) in [6, 6.07) is 3.50. The van der Waals surface area contributed by atoms with Gasteiger partial charge in [-0.2, -0.15) is 10.2 Å². The van der Waals surface area contributed by atoms with E-state index < -0.39 is 0 Å². The van der Waals surface area contributed by atoms with Crippen LogP contribution in [0.2, 0.25) is 0 Å². The van der Waals surface area contributed by atoms with Gasteiger partial charge >= 0.3 is 0 Å². The van der Waals surface area contributed by atoms with Crippen molar-refractivity contribution in [3.05, 3.63) is 35.9 Å². The lowest BCUT2D eigenvalue weighted by molar-refractivity contribution is -0.0369. The number of hydrogen-bond acceptors (Lipinski definition) is 5. The number of fused-ring (bicyclic) bond motifs is 1. The molecule has 0 saturated carbocycles. The van der Waals surface area contributed by atoms with Crippen molar-refractivity contribution in [2.24, 2.45) is 7.05 Å². The molecule has 0 bridgehead atoms. The smallest absolute Gasteiger partial charge is 0.220 e. The third kappa shape index (κ3) is 4.17.